The van der Waals surface area contributed by atoms with Gasteiger partial charge in [-0.05, 0) is 36.8 Å². The second-order valence-electron chi connectivity index (χ2n) is 4.27. The third-order valence-electron chi connectivity index (χ3n) is 2.88. The average Bonchev–Trinajstić information content (AvgIpc) is 2.41. The number of carboxylic acids is 1. The Balaban J connectivity index is 2.30. The molecule has 0 aromatic heterocycles. The molecule has 2 rings (SSSR count). The monoisotopic (exact) mass is 257 g/mol. The number of hydrogen-bond acceptors (Lipinski definition) is 3. The Morgan fingerprint density at radius 2 is 1.89 bits per heavy atom. The van der Waals surface area contributed by atoms with Gasteiger partial charge in [0.15, 0.2) is 5.75 Å². The molecule has 0 radical (unpaired) electrons. The van der Waals surface area contributed by atoms with Gasteiger partial charge in [-0.1, -0.05) is 24.3 Å². The Morgan fingerprint density at radius 3 is 2.53 bits per heavy atom. The summed E-state index contributed by atoms with van der Waals surface area (Å²) >= 11 is 0. The first kappa shape index (κ1) is 13.0. The highest BCUT2D eigenvalue weighted by molar-refractivity contribution is 5.76. The van der Waals surface area contributed by atoms with Crippen LogP contribution >= 0.6 is 0 Å². The smallest absolute Gasteiger partial charge is 0.310 e. The second kappa shape index (κ2) is 5.44. The number of carbonyl (C=O) groups is 1. The zero-order valence-electron chi connectivity index (χ0n) is 10.5. The van der Waals surface area contributed by atoms with E-state index in [0.29, 0.717) is 22.7 Å². The predicted molar refractivity (Wildman–Crippen MR) is 73.4 cm³/mol. The van der Waals surface area contributed by atoms with Crippen molar-refractivity contribution in [2.45, 2.75) is 12.8 Å². The molecule has 0 aliphatic heterocycles. The quantitative estimate of drug-likeness (QED) is 0.825. The van der Waals surface area contributed by atoms with Crippen LogP contribution in [0.4, 0.5) is 5.69 Å². The fraction of sp³-hybridized carbons (Fsp3) is 0.133. The molecule has 19 heavy (non-hydrogen) atoms. The van der Waals surface area contributed by atoms with Gasteiger partial charge in [-0.3, -0.25) is 4.79 Å². The summed E-state index contributed by atoms with van der Waals surface area (Å²) in [5, 5.41) is 9.01. The van der Waals surface area contributed by atoms with Gasteiger partial charge in [0.25, 0.3) is 0 Å². The van der Waals surface area contributed by atoms with Crippen molar-refractivity contribution in [3.63, 3.8) is 0 Å². The van der Waals surface area contributed by atoms with Crippen molar-refractivity contribution in [2.75, 3.05) is 5.73 Å². The van der Waals surface area contributed by atoms with Crippen LogP contribution in [-0.2, 0) is 4.79 Å². The summed E-state index contributed by atoms with van der Waals surface area (Å²) in [5.74, 6) is -0.347. The van der Waals surface area contributed by atoms with Gasteiger partial charge in [-0.15, -0.1) is 0 Å². The maximum Gasteiger partial charge on any atom is 0.310 e. The Hall–Kier alpha value is -2.49. The van der Waals surface area contributed by atoms with Crippen molar-refractivity contribution in [3.05, 3.63) is 54.1 Å². The van der Waals surface area contributed by atoms with Crippen LogP contribution in [0.5, 0.6) is 11.5 Å². The number of nitrogens with two attached hydrogens (primary N) is 1. The summed E-state index contributed by atoms with van der Waals surface area (Å²) < 4.78 is 5.66. The number of carboxylic acid groups (broad SMARTS) is 1. The zero-order chi connectivity index (χ0) is 13.8. The number of benzene rings is 2. The largest absolute Gasteiger partial charge is 0.481 e. The van der Waals surface area contributed by atoms with Crippen LogP contribution in [0.2, 0.25) is 0 Å². The van der Waals surface area contributed by atoms with Crippen molar-refractivity contribution in [1.82, 2.24) is 0 Å². The highest BCUT2D eigenvalue weighted by Gasteiger charge is 2.15. The van der Waals surface area contributed by atoms with E-state index in [1.807, 2.05) is 30.3 Å². The fourth-order valence-electron chi connectivity index (χ4n) is 1.67. The van der Waals surface area contributed by atoms with Crippen LogP contribution in [0.1, 0.15) is 18.4 Å². The maximum atomic E-state index is 11.0. The first-order chi connectivity index (χ1) is 9.08. The standard InChI is InChI=1S/C15H15NO3/c1-10(15(17)18)11-7-8-13(16)14(9-11)19-12-5-3-2-4-6-12/h2-10H,16H2,1H3,(H,17,18). The molecule has 0 fully saturated rings. The van der Waals surface area contributed by atoms with Gasteiger partial charge in [-0.2, -0.15) is 0 Å². The van der Waals surface area contributed by atoms with Crippen molar-refractivity contribution in [3.8, 4) is 11.5 Å². The number of para-hydroxylation sites is 1. The molecular weight excluding hydrogens is 242 g/mol. The molecule has 4 heteroatoms. The summed E-state index contributed by atoms with van der Waals surface area (Å²) in [4.78, 5) is 11.0. The van der Waals surface area contributed by atoms with Gasteiger partial charge >= 0.3 is 5.97 Å². The Kier molecular flexibility index (Phi) is 3.71. The minimum Gasteiger partial charge on any atom is -0.481 e. The summed E-state index contributed by atoms with van der Waals surface area (Å²) in [7, 11) is 0. The van der Waals surface area contributed by atoms with Crippen LogP contribution in [0.15, 0.2) is 48.5 Å². The molecule has 0 bridgehead atoms. The van der Waals surface area contributed by atoms with E-state index in [4.69, 9.17) is 15.6 Å². The van der Waals surface area contributed by atoms with E-state index in [1.54, 1.807) is 25.1 Å². The Bertz CT molecular complexity index is 581. The summed E-state index contributed by atoms with van der Waals surface area (Å²) in [6, 6.07) is 14.3. The molecule has 0 aliphatic carbocycles. The highest BCUT2D eigenvalue weighted by Crippen LogP contribution is 2.30. The van der Waals surface area contributed by atoms with Gasteiger partial charge in [0, 0.05) is 0 Å². The van der Waals surface area contributed by atoms with Gasteiger partial charge < -0.3 is 15.6 Å². The van der Waals surface area contributed by atoms with Crippen molar-refractivity contribution in [2.24, 2.45) is 0 Å². The number of ether oxygens (including phenoxy) is 1. The summed E-state index contributed by atoms with van der Waals surface area (Å²) in [6.07, 6.45) is 0. The fourth-order valence-corrected chi connectivity index (χ4v) is 1.67. The molecule has 2 aromatic carbocycles. The molecule has 1 unspecified atom stereocenters. The Morgan fingerprint density at radius 1 is 1.21 bits per heavy atom. The van der Waals surface area contributed by atoms with Gasteiger partial charge in [0.1, 0.15) is 5.75 Å². The van der Waals surface area contributed by atoms with Gasteiger partial charge in [0.2, 0.25) is 0 Å². The van der Waals surface area contributed by atoms with E-state index in [2.05, 4.69) is 0 Å². The van der Waals surface area contributed by atoms with Crippen LogP contribution in [0, 0.1) is 0 Å². The lowest BCUT2D eigenvalue weighted by molar-refractivity contribution is -0.138. The SMILES string of the molecule is CC(C(=O)O)c1ccc(N)c(Oc2ccccc2)c1. The number of anilines is 1. The van der Waals surface area contributed by atoms with E-state index < -0.39 is 11.9 Å². The van der Waals surface area contributed by atoms with E-state index in [9.17, 15) is 4.79 Å². The predicted octanol–water partition coefficient (Wildman–Crippen LogP) is 3.25. The van der Waals surface area contributed by atoms with Crippen LogP contribution in [0.25, 0.3) is 0 Å². The third-order valence-corrected chi connectivity index (χ3v) is 2.88. The molecule has 2 aromatic rings. The van der Waals surface area contributed by atoms with E-state index in [0.717, 1.165) is 0 Å². The number of hydrogen-bond donors (Lipinski definition) is 2. The highest BCUT2D eigenvalue weighted by atomic mass is 16.5. The minimum atomic E-state index is -0.879. The number of aliphatic carboxylic acids is 1. The molecule has 3 N–H and O–H groups in total. The molecular formula is C15H15NO3. The molecule has 98 valence electrons. The van der Waals surface area contributed by atoms with Crippen LogP contribution in [0.3, 0.4) is 0 Å². The molecule has 0 saturated heterocycles. The zero-order valence-corrected chi connectivity index (χ0v) is 10.5. The first-order valence-electron chi connectivity index (χ1n) is 5.93. The Labute approximate surface area is 111 Å². The topological polar surface area (TPSA) is 72.5 Å². The molecule has 0 spiro atoms. The normalized spacial score (nSPS) is 11.8. The molecule has 4 nitrogen and oxygen atoms in total. The minimum absolute atomic E-state index is 0.469. The van der Waals surface area contributed by atoms with E-state index >= 15 is 0 Å². The third kappa shape index (κ3) is 3.04. The molecule has 0 saturated carbocycles. The van der Waals surface area contributed by atoms with E-state index in [-0.39, 0.29) is 0 Å². The molecule has 0 aliphatic rings. The first-order valence-corrected chi connectivity index (χ1v) is 5.93. The van der Waals surface area contributed by atoms with Crippen molar-refractivity contribution in [1.29, 1.82) is 0 Å². The van der Waals surface area contributed by atoms with Crippen LogP contribution < -0.4 is 10.5 Å². The maximum absolute atomic E-state index is 11.0. The summed E-state index contributed by atoms with van der Waals surface area (Å²) in [6.45, 7) is 1.63. The second-order valence-corrected chi connectivity index (χ2v) is 4.27. The summed E-state index contributed by atoms with van der Waals surface area (Å²) in [5.41, 5.74) is 6.98. The molecule has 1 atom stereocenters. The number of nitrogen functional groups attached to an aromatic ring is 1. The van der Waals surface area contributed by atoms with E-state index in [1.165, 1.54) is 0 Å². The lowest BCUT2D eigenvalue weighted by Gasteiger charge is -2.12. The van der Waals surface area contributed by atoms with Crippen molar-refractivity contribution >= 4 is 11.7 Å². The lowest BCUT2D eigenvalue weighted by Crippen LogP contribution is -2.07. The van der Waals surface area contributed by atoms with Gasteiger partial charge in [-0.25, -0.2) is 0 Å². The molecule has 0 heterocycles. The van der Waals surface area contributed by atoms with Crippen LogP contribution in [-0.4, -0.2) is 11.1 Å². The van der Waals surface area contributed by atoms with Crippen molar-refractivity contribution < 1.29 is 14.6 Å². The average molecular weight is 257 g/mol. The lowest BCUT2D eigenvalue weighted by atomic mass is 10.0. The van der Waals surface area contributed by atoms with Gasteiger partial charge in [0.05, 0.1) is 11.6 Å². The molecule has 0 amide bonds. The number of rotatable bonds is 4.